The van der Waals surface area contributed by atoms with Crippen molar-refractivity contribution in [3.63, 3.8) is 0 Å². The van der Waals surface area contributed by atoms with Gasteiger partial charge in [0.05, 0.1) is 18.8 Å². The number of ketones is 2. The number of hydrogen-bond donors (Lipinski definition) is 6. The molecule has 5 atom stereocenters. The number of rotatable bonds is 8. The molecule has 0 radical (unpaired) electrons. The normalized spacial score (nSPS) is 27.0. The van der Waals surface area contributed by atoms with Crippen LogP contribution in [0.5, 0.6) is 11.5 Å². The van der Waals surface area contributed by atoms with E-state index in [-0.39, 0.29) is 36.1 Å². The first-order valence-electron chi connectivity index (χ1n) is 14.0. The second-order valence-corrected chi connectivity index (χ2v) is 11.7. The molecule has 2 fully saturated rings. The van der Waals surface area contributed by atoms with Crippen molar-refractivity contribution < 1.29 is 39.5 Å². The highest BCUT2D eigenvalue weighted by Crippen LogP contribution is 2.53. The number of carbonyl (C=O) groups is 3. The van der Waals surface area contributed by atoms with Gasteiger partial charge in [0.1, 0.15) is 23.2 Å². The number of nitrogens with one attached hydrogen (secondary N) is 1. The summed E-state index contributed by atoms with van der Waals surface area (Å²) < 4.78 is 5.67. The first-order valence-corrected chi connectivity index (χ1v) is 14.0. The van der Waals surface area contributed by atoms with Gasteiger partial charge in [0, 0.05) is 36.7 Å². The summed E-state index contributed by atoms with van der Waals surface area (Å²) in [6, 6.07) is 8.95. The number of fused-ring (bicyclic) bond motifs is 3. The zero-order valence-electron chi connectivity index (χ0n) is 23.9. The lowest BCUT2D eigenvalue weighted by atomic mass is 9.56. The number of primary amides is 1. The predicted molar refractivity (Wildman–Crippen MR) is 153 cm³/mol. The number of aliphatic hydroxyl groups is 3. The zero-order chi connectivity index (χ0) is 30.5. The molecule has 0 spiro atoms. The minimum absolute atomic E-state index is 0.0421. The van der Waals surface area contributed by atoms with Crippen LogP contribution in [0.1, 0.15) is 29.5 Å². The maximum absolute atomic E-state index is 13.8. The molecule has 3 aliphatic carbocycles. The van der Waals surface area contributed by atoms with E-state index in [9.17, 15) is 34.8 Å². The molecule has 11 heteroatoms. The molecule has 11 nitrogen and oxygen atoms in total. The van der Waals surface area contributed by atoms with Crippen LogP contribution in [0, 0.1) is 17.8 Å². The van der Waals surface area contributed by atoms with Gasteiger partial charge in [-0.1, -0.05) is 12.1 Å². The second kappa shape index (κ2) is 11.1. The first-order chi connectivity index (χ1) is 19.9. The monoisotopic (exact) mass is 579 g/mol. The quantitative estimate of drug-likeness (QED) is 0.194. The van der Waals surface area contributed by atoms with Crippen LogP contribution in [0.15, 0.2) is 35.9 Å². The van der Waals surface area contributed by atoms with E-state index >= 15 is 0 Å². The minimum Gasteiger partial charge on any atom is -0.507 e. The van der Waals surface area contributed by atoms with E-state index in [1.54, 1.807) is 13.2 Å². The molecular formula is C31H37N3O8. The highest BCUT2D eigenvalue weighted by atomic mass is 16.5. The maximum atomic E-state index is 13.8. The number of phenolic OH excluding ortho intramolecular Hbond substituents is 1. The van der Waals surface area contributed by atoms with Crippen molar-refractivity contribution in [1.82, 2.24) is 10.2 Å². The number of nitrogens with two attached hydrogens (primary N) is 1. The number of likely N-dealkylation sites (N-methyl/N-ethyl adjacent to an activating group) is 1. The van der Waals surface area contributed by atoms with E-state index in [4.69, 9.17) is 10.5 Å². The molecule has 224 valence electrons. The number of Topliss-reactive ketones (excluding diaryl/α,β-unsaturated/α-hetero) is 2. The van der Waals surface area contributed by atoms with Gasteiger partial charge in [-0.3, -0.25) is 14.4 Å². The number of amides is 1. The van der Waals surface area contributed by atoms with Gasteiger partial charge in [0.2, 0.25) is 11.7 Å². The van der Waals surface area contributed by atoms with Crippen LogP contribution in [0.2, 0.25) is 0 Å². The van der Waals surface area contributed by atoms with E-state index in [0.29, 0.717) is 23.4 Å². The van der Waals surface area contributed by atoms with Crippen LogP contribution < -0.4 is 15.8 Å². The first kappa shape index (κ1) is 29.7. The van der Waals surface area contributed by atoms with Crippen molar-refractivity contribution in [1.29, 1.82) is 0 Å². The number of methoxy groups -OCH3 is 1. The van der Waals surface area contributed by atoms with E-state index in [1.165, 1.54) is 6.07 Å². The molecule has 0 bridgehead atoms. The third-order valence-corrected chi connectivity index (χ3v) is 8.89. The Labute approximate surface area is 243 Å². The maximum Gasteiger partial charge on any atom is 0.230 e. The van der Waals surface area contributed by atoms with Crippen molar-refractivity contribution in [3.8, 4) is 22.6 Å². The number of nitrogens with zero attached hydrogens (tertiary/aromatic N) is 1. The Morgan fingerprint density at radius 3 is 2.55 bits per heavy atom. The third kappa shape index (κ3) is 4.76. The second-order valence-electron chi connectivity index (χ2n) is 11.7. The Morgan fingerprint density at radius 2 is 1.88 bits per heavy atom. The molecule has 1 amide bonds. The van der Waals surface area contributed by atoms with Gasteiger partial charge in [-0.05, 0) is 74.2 Å². The molecular weight excluding hydrogens is 542 g/mol. The Morgan fingerprint density at radius 1 is 1.14 bits per heavy atom. The molecule has 42 heavy (non-hydrogen) atoms. The fraction of sp³-hybridized carbons (Fsp3) is 0.452. The predicted octanol–water partition coefficient (Wildman–Crippen LogP) is 0.916. The van der Waals surface area contributed by atoms with Crippen LogP contribution in [0.4, 0.5) is 0 Å². The van der Waals surface area contributed by atoms with Crippen LogP contribution in [-0.4, -0.2) is 88.8 Å². The number of aromatic hydroxyl groups is 1. The molecule has 7 N–H and O–H groups in total. The molecule has 2 unspecified atom stereocenters. The largest absolute Gasteiger partial charge is 0.507 e. The number of aliphatic hydroxyl groups excluding tert-OH is 2. The van der Waals surface area contributed by atoms with Gasteiger partial charge in [-0.25, -0.2) is 0 Å². The van der Waals surface area contributed by atoms with Crippen molar-refractivity contribution in [2.75, 3.05) is 34.3 Å². The summed E-state index contributed by atoms with van der Waals surface area (Å²) in [5.74, 6) is -6.83. The van der Waals surface area contributed by atoms with Gasteiger partial charge in [-0.15, -0.1) is 0 Å². The molecule has 0 saturated heterocycles. The zero-order valence-corrected chi connectivity index (χ0v) is 23.9. The summed E-state index contributed by atoms with van der Waals surface area (Å²) in [6.07, 6.45) is -1.30. The van der Waals surface area contributed by atoms with Gasteiger partial charge in [0.15, 0.2) is 11.4 Å². The van der Waals surface area contributed by atoms with Crippen LogP contribution >= 0.6 is 0 Å². The van der Waals surface area contributed by atoms with E-state index in [2.05, 4.69) is 10.2 Å². The van der Waals surface area contributed by atoms with Crippen molar-refractivity contribution in [2.24, 2.45) is 23.5 Å². The van der Waals surface area contributed by atoms with Gasteiger partial charge < -0.3 is 41.1 Å². The number of phenols is 1. The van der Waals surface area contributed by atoms with Crippen molar-refractivity contribution in [3.05, 3.63) is 52.6 Å². The number of hydrogen-bond acceptors (Lipinski definition) is 10. The molecule has 5 rings (SSSR count). The van der Waals surface area contributed by atoms with Crippen LogP contribution in [0.25, 0.3) is 16.9 Å². The summed E-state index contributed by atoms with van der Waals surface area (Å²) in [4.78, 5) is 41.0. The summed E-state index contributed by atoms with van der Waals surface area (Å²) >= 11 is 0. The average Bonchev–Trinajstić information content (AvgIpc) is 2.93. The highest BCUT2D eigenvalue weighted by Gasteiger charge is 2.64. The van der Waals surface area contributed by atoms with Gasteiger partial charge >= 0.3 is 0 Å². The van der Waals surface area contributed by atoms with Gasteiger partial charge in [0.25, 0.3) is 0 Å². The minimum atomic E-state index is -2.61. The molecule has 3 aliphatic rings. The van der Waals surface area contributed by atoms with Crippen molar-refractivity contribution >= 4 is 23.2 Å². The van der Waals surface area contributed by atoms with Crippen LogP contribution in [0.3, 0.4) is 0 Å². The average molecular weight is 580 g/mol. The van der Waals surface area contributed by atoms with E-state index in [0.717, 1.165) is 24.2 Å². The smallest absolute Gasteiger partial charge is 0.230 e. The van der Waals surface area contributed by atoms with Crippen LogP contribution in [-0.2, 0) is 27.3 Å². The van der Waals surface area contributed by atoms with Gasteiger partial charge in [-0.2, -0.15) is 0 Å². The summed E-state index contributed by atoms with van der Waals surface area (Å²) in [6.45, 7) is 2.29. The Bertz CT molecular complexity index is 1480. The standard InChI is InChI=1S/C31H37N3O8/c1-34(2)9-8-33-14-15-4-7-23(42-3)19(10-15)18-5-6-21(35)25-20(18)12-16-11-17-13-22(36)26(30(32)40)29(39)31(17,41)28(38)24(16)27(25)37/h4-7,10,16-17,22,26,33,35-37,41H,8-9,11-14H2,1-3H3,(H2,32,40)/t16-,17+,22?,26?,31+/m1/s1. The molecule has 0 aromatic heterocycles. The Hall–Kier alpha value is -3.77. The van der Waals surface area contributed by atoms with E-state index in [1.807, 2.05) is 32.3 Å². The molecule has 2 aromatic rings. The van der Waals surface area contributed by atoms with E-state index < -0.39 is 52.7 Å². The SMILES string of the molecule is COc1ccc(CNCCN(C)C)cc1-c1ccc(O)c2c1C[C@H]1C[C@H]3CC(O)C(C(N)=O)C(=O)[C@@]3(O)C(=O)C1=C2O. The third-order valence-electron chi connectivity index (χ3n) is 8.89. The number of carbonyl (C=O) groups excluding carboxylic acids is 3. The Kier molecular flexibility index (Phi) is 7.88. The molecule has 2 saturated carbocycles. The summed E-state index contributed by atoms with van der Waals surface area (Å²) in [5.41, 5.74) is 5.60. The number of ether oxygens (including phenoxy) is 1. The highest BCUT2D eigenvalue weighted by molar-refractivity contribution is 6.24. The lowest BCUT2D eigenvalue weighted by molar-refractivity contribution is -0.174. The molecule has 0 heterocycles. The fourth-order valence-electron chi connectivity index (χ4n) is 6.79. The lowest BCUT2D eigenvalue weighted by Gasteiger charge is -2.48. The van der Waals surface area contributed by atoms with Crippen molar-refractivity contribution in [2.45, 2.75) is 37.5 Å². The number of benzene rings is 2. The fourth-order valence-corrected chi connectivity index (χ4v) is 6.79. The molecule has 2 aromatic carbocycles. The summed E-state index contributed by atoms with van der Waals surface area (Å²) in [5, 5.41) is 47.7. The molecule has 0 aliphatic heterocycles. The lowest BCUT2D eigenvalue weighted by Crippen LogP contribution is -2.66. The summed E-state index contributed by atoms with van der Waals surface area (Å²) in [7, 11) is 5.56. The topological polar surface area (TPSA) is 183 Å². The Balaban J connectivity index is 1.58.